The lowest BCUT2D eigenvalue weighted by atomic mass is 9.92. The first-order valence-corrected chi connectivity index (χ1v) is 9.33. The van der Waals surface area contributed by atoms with Crippen LogP contribution in [0.3, 0.4) is 0 Å². The second-order valence-electron chi connectivity index (χ2n) is 5.93. The van der Waals surface area contributed by atoms with Crippen LogP contribution in [0.5, 0.6) is 0 Å². The summed E-state index contributed by atoms with van der Waals surface area (Å²) in [5, 5.41) is 7.85. The summed E-state index contributed by atoms with van der Waals surface area (Å²) in [5.41, 5.74) is -0.814. The molecule has 0 bridgehead atoms. The van der Waals surface area contributed by atoms with Gasteiger partial charge in [-0.05, 0) is 36.1 Å². The Hall–Kier alpha value is -2.09. The Morgan fingerprint density at radius 1 is 1.27 bits per heavy atom. The van der Waals surface area contributed by atoms with Crippen molar-refractivity contribution >= 4 is 52.4 Å². The van der Waals surface area contributed by atoms with Crippen molar-refractivity contribution in [2.75, 3.05) is 6.54 Å². The van der Waals surface area contributed by atoms with Crippen LogP contribution in [0.25, 0.3) is 0 Å². The van der Waals surface area contributed by atoms with Crippen LogP contribution in [0.2, 0.25) is 10.0 Å². The maximum Gasteiger partial charge on any atom is 0.325 e. The van der Waals surface area contributed by atoms with E-state index in [4.69, 9.17) is 23.2 Å². The van der Waals surface area contributed by atoms with Crippen molar-refractivity contribution in [3.05, 3.63) is 56.2 Å². The van der Waals surface area contributed by atoms with Gasteiger partial charge >= 0.3 is 6.03 Å². The summed E-state index contributed by atoms with van der Waals surface area (Å²) in [4.78, 5) is 39.0. The summed E-state index contributed by atoms with van der Waals surface area (Å²) in [7, 11) is 0. The maximum absolute atomic E-state index is 12.8. The largest absolute Gasteiger partial charge is 0.350 e. The number of nitrogens with one attached hydrogen (secondary N) is 2. The first-order chi connectivity index (χ1) is 12.3. The number of rotatable bonds is 5. The Morgan fingerprint density at radius 3 is 2.69 bits per heavy atom. The molecule has 1 fully saturated rings. The highest BCUT2D eigenvalue weighted by Crippen LogP contribution is 2.32. The fraction of sp³-hybridized carbons (Fsp3) is 0.235. The molecule has 2 N–H and O–H groups in total. The Labute approximate surface area is 164 Å². The molecule has 0 aliphatic carbocycles. The SMILES string of the molecule is CC1(c2ccc(Cl)c(Cl)c2)NC(=O)N(CC(=O)NCc2cccs2)C1=O. The lowest BCUT2D eigenvalue weighted by Crippen LogP contribution is -2.43. The second-order valence-corrected chi connectivity index (χ2v) is 7.78. The van der Waals surface area contributed by atoms with Gasteiger partial charge in [0.2, 0.25) is 5.91 Å². The molecular weight excluding hydrogens is 397 g/mol. The molecule has 1 aliphatic heterocycles. The number of amides is 4. The Bertz CT molecular complexity index is 872. The fourth-order valence-electron chi connectivity index (χ4n) is 2.64. The number of halogens is 2. The number of urea groups is 1. The minimum atomic E-state index is -1.31. The van der Waals surface area contributed by atoms with Gasteiger partial charge in [0.1, 0.15) is 12.1 Å². The lowest BCUT2D eigenvalue weighted by Gasteiger charge is -2.22. The summed E-state index contributed by atoms with van der Waals surface area (Å²) >= 11 is 13.4. The Kier molecular flexibility index (Phi) is 5.22. The van der Waals surface area contributed by atoms with Crippen molar-refractivity contribution in [2.45, 2.75) is 19.0 Å². The molecule has 136 valence electrons. The zero-order valence-corrected chi connectivity index (χ0v) is 16.0. The molecule has 2 heterocycles. The number of carbonyl (C=O) groups excluding carboxylic acids is 3. The molecular formula is C17H15Cl2N3O3S. The van der Waals surface area contributed by atoms with E-state index >= 15 is 0 Å². The summed E-state index contributed by atoms with van der Waals surface area (Å²) < 4.78 is 0. The topological polar surface area (TPSA) is 78.5 Å². The molecule has 26 heavy (non-hydrogen) atoms. The highest BCUT2D eigenvalue weighted by Gasteiger charge is 2.49. The third kappa shape index (κ3) is 3.56. The molecule has 0 spiro atoms. The molecule has 1 aromatic carbocycles. The van der Waals surface area contributed by atoms with Crippen LogP contribution in [-0.4, -0.2) is 29.3 Å². The van der Waals surface area contributed by atoms with Crippen LogP contribution < -0.4 is 10.6 Å². The van der Waals surface area contributed by atoms with Gasteiger partial charge in [-0.1, -0.05) is 35.3 Å². The van der Waals surface area contributed by atoms with Gasteiger partial charge < -0.3 is 10.6 Å². The maximum atomic E-state index is 12.8. The minimum Gasteiger partial charge on any atom is -0.350 e. The molecule has 1 unspecified atom stereocenters. The van der Waals surface area contributed by atoms with Crippen molar-refractivity contribution in [3.8, 4) is 0 Å². The molecule has 0 radical (unpaired) electrons. The lowest BCUT2D eigenvalue weighted by molar-refractivity contribution is -0.134. The predicted molar refractivity (Wildman–Crippen MR) is 100 cm³/mol. The molecule has 2 aromatic rings. The average molecular weight is 412 g/mol. The van der Waals surface area contributed by atoms with E-state index in [1.807, 2.05) is 17.5 Å². The van der Waals surface area contributed by atoms with E-state index in [0.717, 1.165) is 9.78 Å². The van der Waals surface area contributed by atoms with Crippen molar-refractivity contribution in [3.63, 3.8) is 0 Å². The monoisotopic (exact) mass is 411 g/mol. The van der Waals surface area contributed by atoms with Gasteiger partial charge in [-0.25, -0.2) is 4.79 Å². The molecule has 1 aliphatic rings. The smallest absolute Gasteiger partial charge is 0.325 e. The van der Waals surface area contributed by atoms with Crippen LogP contribution in [0.1, 0.15) is 17.4 Å². The van der Waals surface area contributed by atoms with Crippen LogP contribution in [0.15, 0.2) is 35.7 Å². The van der Waals surface area contributed by atoms with Gasteiger partial charge in [0.15, 0.2) is 0 Å². The molecule has 4 amide bonds. The number of imide groups is 1. The number of nitrogens with zero attached hydrogens (tertiary/aromatic N) is 1. The summed E-state index contributed by atoms with van der Waals surface area (Å²) in [5.74, 6) is -0.938. The van der Waals surface area contributed by atoms with Crippen LogP contribution in [-0.2, 0) is 21.7 Å². The van der Waals surface area contributed by atoms with Crippen molar-refractivity contribution < 1.29 is 14.4 Å². The van der Waals surface area contributed by atoms with Crippen LogP contribution in [0, 0.1) is 0 Å². The third-order valence-electron chi connectivity index (χ3n) is 4.11. The van der Waals surface area contributed by atoms with Crippen LogP contribution >= 0.6 is 34.5 Å². The quantitative estimate of drug-likeness (QED) is 0.741. The van der Waals surface area contributed by atoms with Gasteiger partial charge in [0, 0.05) is 4.88 Å². The highest BCUT2D eigenvalue weighted by atomic mass is 35.5. The predicted octanol–water partition coefficient (Wildman–Crippen LogP) is 3.14. The summed E-state index contributed by atoms with van der Waals surface area (Å²) in [6.07, 6.45) is 0. The average Bonchev–Trinajstić information content (AvgIpc) is 3.19. The summed E-state index contributed by atoms with van der Waals surface area (Å²) in [6.45, 7) is 1.56. The molecule has 1 atom stereocenters. The molecule has 0 saturated carbocycles. The molecule has 6 nitrogen and oxygen atoms in total. The van der Waals surface area contributed by atoms with E-state index in [1.54, 1.807) is 19.1 Å². The van der Waals surface area contributed by atoms with E-state index < -0.39 is 23.4 Å². The normalized spacial score (nSPS) is 19.6. The first kappa shape index (κ1) is 18.7. The zero-order valence-electron chi connectivity index (χ0n) is 13.7. The van der Waals surface area contributed by atoms with Gasteiger partial charge in [0.05, 0.1) is 16.6 Å². The van der Waals surface area contributed by atoms with E-state index in [1.165, 1.54) is 17.4 Å². The van der Waals surface area contributed by atoms with Gasteiger partial charge in [0.25, 0.3) is 5.91 Å². The number of benzene rings is 1. The van der Waals surface area contributed by atoms with Crippen molar-refractivity contribution in [2.24, 2.45) is 0 Å². The van der Waals surface area contributed by atoms with Crippen molar-refractivity contribution in [1.29, 1.82) is 0 Å². The number of hydrogen-bond donors (Lipinski definition) is 2. The van der Waals surface area contributed by atoms with Gasteiger partial charge in [-0.2, -0.15) is 0 Å². The molecule has 3 rings (SSSR count). The highest BCUT2D eigenvalue weighted by molar-refractivity contribution is 7.09. The summed E-state index contributed by atoms with van der Waals surface area (Å²) in [6, 6.07) is 7.84. The first-order valence-electron chi connectivity index (χ1n) is 7.70. The zero-order chi connectivity index (χ0) is 18.9. The van der Waals surface area contributed by atoms with E-state index in [2.05, 4.69) is 10.6 Å². The van der Waals surface area contributed by atoms with Gasteiger partial charge in [-0.3, -0.25) is 14.5 Å². The number of carbonyl (C=O) groups is 3. The second kappa shape index (κ2) is 7.26. The van der Waals surface area contributed by atoms with Crippen LogP contribution in [0.4, 0.5) is 4.79 Å². The van der Waals surface area contributed by atoms with Crippen molar-refractivity contribution in [1.82, 2.24) is 15.5 Å². The molecule has 1 aromatic heterocycles. The molecule has 1 saturated heterocycles. The van der Waals surface area contributed by atoms with E-state index in [9.17, 15) is 14.4 Å². The standard InChI is InChI=1S/C17H15Cl2N3O3S/c1-17(10-4-5-12(18)13(19)7-10)15(24)22(16(25)21-17)9-14(23)20-8-11-3-2-6-26-11/h2-7H,8-9H2,1H3,(H,20,23)(H,21,25). The fourth-order valence-corrected chi connectivity index (χ4v) is 3.58. The number of hydrogen-bond acceptors (Lipinski definition) is 4. The van der Waals surface area contributed by atoms with Gasteiger partial charge in [-0.15, -0.1) is 11.3 Å². The Balaban J connectivity index is 1.71. The number of thiophene rings is 1. The Morgan fingerprint density at radius 2 is 2.04 bits per heavy atom. The third-order valence-corrected chi connectivity index (χ3v) is 5.73. The van der Waals surface area contributed by atoms with E-state index in [0.29, 0.717) is 17.1 Å². The minimum absolute atomic E-state index is 0.277. The van der Waals surface area contributed by atoms with E-state index in [-0.39, 0.29) is 11.6 Å². The molecule has 9 heteroatoms.